The van der Waals surface area contributed by atoms with E-state index in [9.17, 15) is 18.3 Å². The summed E-state index contributed by atoms with van der Waals surface area (Å²) in [4.78, 5) is 13.1. The first kappa shape index (κ1) is 15.7. The summed E-state index contributed by atoms with van der Waals surface area (Å²) in [5.41, 5.74) is 0. The Balaban J connectivity index is 1.96. The minimum atomic E-state index is -3.16. The third kappa shape index (κ3) is 3.91. The molecule has 2 atom stereocenters. The second kappa shape index (κ2) is 6.38. The highest BCUT2D eigenvalue weighted by Crippen LogP contribution is 2.21. The molecule has 0 aliphatic carbocycles. The fraction of sp³-hybridized carbons (Fsp3) is 0.917. The van der Waals surface area contributed by atoms with E-state index in [0.717, 1.165) is 12.8 Å². The Morgan fingerprint density at radius 3 is 2.80 bits per heavy atom. The highest BCUT2D eigenvalue weighted by atomic mass is 32.2. The van der Waals surface area contributed by atoms with E-state index in [0.29, 0.717) is 32.8 Å². The van der Waals surface area contributed by atoms with Gasteiger partial charge >= 0.3 is 5.97 Å². The van der Waals surface area contributed by atoms with E-state index < -0.39 is 22.0 Å². The monoisotopic (exact) mass is 306 g/mol. The molecule has 7 nitrogen and oxygen atoms in total. The van der Waals surface area contributed by atoms with Crippen LogP contribution < -0.4 is 0 Å². The van der Waals surface area contributed by atoms with Crippen molar-refractivity contribution in [2.45, 2.75) is 18.9 Å². The van der Waals surface area contributed by atoms with E-state index in [-0.39, 0.29) is 12.5 Å². The Kier molecular flexibility index (Phi) is 5.00. The quantitative estimate of drug-likeness (QED) is 0.749. The molecule has 1 N–H and O–H groups in total. The maximum absolute atomic E-state index is 11.6. The molecule has 2 saturated heterocycles. The largest absolute Gasteiger partial charge is 0.480 e. The maximum Gasteiger partial charge on any atom is 0.323 e. The Morgan fingerprint density at radius 1 is 1.40 bits per heavy atom. The lowest BCUT2D eigenvalue weighted by molar-refractivity contribution is -0.150. The number of piperidine rings is 1. The van der Waals surface area contributed by atoms with Crippen LogP contribution in [-0.2, 0) is 19.6 Å². The number of carbonyl (C=O) groups is 1. The third-order valence-corrected chi connectivity index (χ3v) is 5.24. The lowest BCUT2D eigenvalue weighted by Crippen LogP contribution is -2.53. The Bertz CT molecular complexity index is 453. The molecule has 0 aromatic heterocycles. The smallest absolute Gasteiger partial charge is 0.323 e. The van der Waals surface area contributed by atoms with E-state index in [1.807, 2.05) is 4.90 Å². The summed E-state index contributed by atoms with van der Waals surface area (Å²) >= 11 is 0. The number of carboxylic acids is 1. The van der Waals surface area contributed by atoms with Gasteiger partial charge in [-0.2, -0.15) is 0 Å². The molecule has 0 radical (unpaired) electrons. The zero-order chi connectivity index (χ0) is 14.8. The molecular weight excluding hydrogens is 284 g/mol. The highest BCUT2D eigenvalue weighted by molar-refractivity contribution is 7.88. The standard InChI is InChI=1S/C12H22N2O5S/c1-20(17,18)14-4-2-3-10(8-14)7-13-5-6-19-9-11(13)12(15)16/h10-11H,2-9H2,1H3,(H,15,16). The molecule has 2 rings (SSSR count). The first-order valence-electron chi connectivity index (χ1n) is 6.87. The molecule has 0 bridgehead atoms. The topological polar surface area (TPSA) is 87.2 Å². The molecule has 8 heteroatoms. The Hall–Kier alpha value is -0.700. The fourth-order valence-corrected chi connectivity index (χ4v) is 3.84. The zero-order valence-corrected chi connectivity index (χ0v) is 12.5. The second-order valence-electron chi connectivity index (χ2n) is 5.55. The zero-order valence-electron chi connectivity index (χ0n) is 11.7. The summed E-state index contributed by atoms with van der Waals surface area (Å²) in [7, 11) is -3.16. The van der Waals surface area contributed by atoms with Crippen LogP contribution in [0.25, 0.3) is 0 Å². The first-order chi connectivity index (χ1) is 9.38. The molecule has 0 aromatic rings. The van der Waals surface area contributed by atoms with Crippen LogP contribution in [0.15, 0.2) is 0 Å². The third-order valence-electron chi connectivity index (χ3n) is 3.97. The summed E-state index contributed by atoms with van der Waals surface area (Å²) in [5.74, 6) is -0.682. The van der Waals surface area contributed by atoms with Gasteiger partial charge in [-0.3, -0.25) is 9.69 Å². The molecule has 2 aliphatic heterocycles. The average Bonchev–Trinajstić information content (AvgIpc) is 2.38. The predicted octanol–water partition coefficient (Wildman–Crippen LogP) is -0.557. The van der Waals surface area contributed by atoms with Crippen LogP contribution in [-0.4, -0.2) is 80.4 Å². The number of carboxylic acid groups (broad SMARTS) is 1. The molecule has 2 unspecified atom stereocenters. The van der Waals surface area contributed by atoms with Gasteiger partial charge in [0.1, 0.15) is 6.04 Å². The van der Waals surface area contributed by atoms with E-state index in [1.165, 1.54) is 10.6 Å². The SMILES string of the molecule is CS(=O)(=O)N1CCCC(CN2CCOCC2C(=O)O)C1. The van der Waals surface area contributed by atoms with Crippen LogP contribution in [0.1, 0.15) is 12.8 Å². The molecular formula is C12H22N2O5S. The number of rotatable bonds is 4. The molecule has 0 amide bonds. The van der Waals surface area contributed by atoms with Gasteiger partial charge < -0.3 is 9.84 Å². The normalized spacial score (nSPS) is 30.2. The van der Waals surface area contributed by atoms with Gasteiger partial charge in [0.15, 0.2) is 0 Å². The molecule has 2 aliphatic rings. The van der Waals surface area contributed by atoms with Crippen molar-refractivity contribution in [3.8, 4) is 0 Å². The Morgan fingerprint density at radius 2 is 2.15 bits per heavy atom. The minimum Gasteiger partial charge on any atom is -0.480 e. The van der Waals surface area contributed by atoms with Crippen molar-refractivity contribution in [2.24, 2.45) is 5.92 Å². The molecule has 0 aromatic carbocycles. The van der Waals surface area contributed by atoms with Crippen molar-refractivity contribution in [3.63, 3.8) is 0 Å². The first-order valence-corrected chi connectivity index (χ1v) is 8.72. The molecule has 2 heterocycles. The summed E-state index contributed by atoms with van der Waals surface area (Å²) in [6.45, 7) is 3.01. The minimum absolute atomic E-state index is 0.193. The predicted molar refractivity (Wildman–Crippen MR) is 73.0 cm³/mol. The highest BCUT2D eigenvalue weighted by Gasteiger charge is 2.33. The van der Waals surface area contributed by atoms with Crippen LogP contribution in [0.4, 0.5) is 0 Å². The number of hydrogen-bond acceptors (Lipinski definition) is 5. The van der Waals surface area contributed by atoms with Crippen LogP contribution in [0.2, 0.25) is 0 Å². The number of sulfonamides is 1. The second-order valence-corrected chi connectivity index (χ2v) is 7.54. The van der Waals surface area contributed by atoms with Gasteiger partial charge in [0, 0.05) is 26.2 Å². The van der Waals surface area contributed by atoms with Gasteiger partial charge in [-0.15, -0.1) is 0 Å². The van der Waals surface area contributed by atoms with Crippen molar-refractivity contribution < 1.29 is 23.1 Å². The fourth-order valence-electron chi connectivity index (χ4n) is 2.89. The van der Waals surface area contributed by atoms with Crippen LogP contribution in [0.5, 0.6) is 0 Å². The number of aliphatic carboxylic acids is 1. The van der Waals surface area contributed by atoms with Crippen molar-refractivity contribution in [2.75, 3.05) is 45.6 Å². The molecule has 116 valence electrons. The van der Waals surface area contributed by atoms with Crippen molar-refractivity contribution in [3.05, 3.63) is 0 Å². The van der Waals surface area contributed by atoms with Gasteiger partial charge in [-0.1, -0.05) is 0 Å². The van der Waals surface area contributed by atoms with Crippen LogP contribution in [0.3, 0.4) is 0 Å². The number of hydrogen-bond donors (Lipinski definition) is 1. The van der Waals surface area contributed by atoms with Gasteiger partial charge in [-0.05, 0) is 18.8 Å². The van der Waals surface area contributed by atoms with Crippen molar-refractivity contribution >= 4 is 16.0 Å². The summed E-state index contributed by atoms with van der Waals surface area (Å²) < 4.78 is 29.9. The maximum atomic E-state index is 11.6. The van der Waals surface area contributed by atoms with Crippen molar-refractivity contribution in [1.82, 2.24) is 9.21 Å². The van der Waals surface area contributed by atoms with Crippen LogP contribution >= 0.6 is 0 Å². The van der Waals surface area contributed by atoms with Gasteiger partial charge in [0.2, 0.25) is 10.0 Å². The van der Waals surface area contributed by atoms with Gasteiger partial charge in [-0.25, -0.2) is 12.7 Å². The van der Waals surface area contributed by atoms with E-state index in [4.69, 9.17) is 4.74 Å². The molecule has 20 heavy (non-hydrogen) atoms. The lowest BCUT2D eigenvalue weighted by atomic mass is 9.98. The van der Waals surface area contributed by atoms with Gasteiger partial charge in [0.05, 0.1) is 19.5 Å². The average molecular weight is 306 g/mol. The van der Waals surface area contributed by atoms with Gasteiger partial charge in [0.25, 0.3) is 0 Å². The summed E-state index contributed by atoms with van der Waals surface area (Å²) in [5, 5.41) is 9.19. The molecule has 0 saturated carbocycles. The molecule has 2 fully saturated rings. The van der Waals surface area contributed by atoms with E-state index in [1.54, 1.807) is 0 Å². The summed E-state index contributed by atoms with van der Waals surface area (Å²) in [6, 6.07) is -0.614. The van der Waals surface area contributed by atoms with Crippen LogP contribution in [0, 0.1) is 5.92 Å². The van der Waals surface area contributed by atoms with E-state index in [2.05, 4.69) is 0 Å². The van der Waals surface area contributed by atoms with E-state index >= 15 is 0 Å². The lowest BCUT2D eigenvalue weighted by Gasteiger charge is -2.38. The number of morpholine rings is 1. The van der Waals surface area contributed by atoms with Crippen molar-refractivity contribution in [1.29, 1.82) is 0 Å². The Labute approximate surface area is 119 Å². The number of ether oxygens (including phenoxy) is 1. The number of nitrogens with zero attached hydrogens (tertiary/aromatic N) is 2. The summed E-state index contributed by atoms with van der Waals surface area (Å²) in [6.07, 6.45) is 3.00. The molecule has 0 spiro atoms.